The monoisotopic (exact) mass is 158 g/mol. The van der Waals surface area contributed by atoms with Crippen LogP contribution in [0.2, 0.25) is 0 Å². The molecule has 0 saturated heterocycles. The van der Waals surface area contributed by atoms with Gasteiger partial charge in [0.05, 0.1) is 0 Å². The standard InChI is InChI=1S/C8H18N2O/c1-6-10(7(11)9-5)8(2,3)4/h6H2,1-5H3,(H,9,11). The largest absolute Gasteiger partial charge is 0.341 e. The number of nitrogens with one attached hydrogen (secondary N) is 1. The zero-order chi connectivity index (χ0) is 9.07. The molecule has 0 atom stereocenters. The van der Waals surface area contributed by atoms with Crippen LogP contribution < -0.4 is 5.32 Å². The van der Waals surface area contributed by atoms with E-state index in [0.717, 1.165) is 6.54 Å². The second kappa shape index (κ2) is 3.60. The molecule has 0 radical (unpaired) electrons. The van der Waals surface area contributed by atoms with Gasteiger partial charge in [-0.25, -0.2) is 4.79 Å². The Kier molecular flexibility index (Phi) is 3.36. The number of amides is 2. The summed E-state index contributed by atoms with van der Waals surface area (Å²) < 4.78 is 0. The van der Waals surface area contributed by atoms with E-state index in [-0.39, 0.29) is 11.6 Å². The molecular weight excluding hydrogens is 140 g/mol. The van der Waals surface area contributed by atoms with Crippen molar-refractivity contribution in [2.45, 2.75) is 33.2 Å². The second-order valence-electron chi connectivity index (χ2n) is 3.47. The van der Waals surface area contributed by atoms with Crippen molar-refractivity contribution >= 4 is 6.03 Å². The first-order chi connectivity index (χ1) is 4.93. The van der Waals surface area contributed by atoms with E-state index in [2.05, 4.69) is 5.32 Å². The van der Waals surface area contributed by atoms with E-state index in [9.17, 15) is 4.79 Å². The Labute approximate surface area is 68.8 Å². The number of carbonyl (C=O) groups excluding carboxylic acids is 1. The summed E-state index contributed by atoms with van der Waals surface area (Å²) in [5.41, 5.74) is -0.0884. The van der Waals surface area contributed by atoms with Crippen molar-refractivity contribution in [3.8, 4) is 0 Å². The predicted molar refractivity (Wildman–Crippen MR) is 46.6 cm³/mol. The van der Waals surface area contributed by atoms with Crippen LogP contribution in [0.25, 0.3) is 0 Å². The van der Waals surface area contributed by atoms with Crippen LogP contribution in [0.5, 0.6) is 0 Å². The lowest BCUT2D eigenvalue weighted by Crippen LogP contribution is -2.49. The van der Waals surface area contributed by atoms with Crippen molar-refractivity contribution < 1.29 is 4.79 Å². The van der Waals surface area contributed by atoms with Crippen molar-refractivity contribution in [2.24, 2.45) is 0 Å². The summed E-state index contributed by atoms with van der Waals surface area (Å²) >= 11 is 0. The van der Waals surface area contributed by atoms with Gasteiger partial charge in [-0.2, -0.15) is 0 Å². The molecule has 0 aliphatic rings. The van der Waals surface area contributed by atoms with Crippen molar-refractivity contribution in [1.29, 1.82) is 0 Å². The number of hydrogen-bond acceptors (Lipinski definition) is 1. The van der Waals surface area contributed by atoms with Gasteiger partial charge >= 0.3 is 6.03 Å². The lowest BCUT2D eigenvalue weighted by Gasteiger charge is -2.34. The van der Waals surface area contributed by atoms with Crippen LogP contribution >= 0.6 is 0 Å². The molecule has 3 heteroatoms. The van der Waals surface area contributed by atoms with Crippen LogP contribution in [0.15, 0.2) is 0 Å². The van der Waals surface area contributed by atoms with E-state index in [0.29, 0.717) is 0 Å². The Morgan fingerprint density at radius 1 is 1.45 bits per heavy atom. The third-order valence-electron chi connectivity index (χ3n) is 1.58. The quantitative estimate of drug-likeness (QED) is 0.615. The average molecular weight is 158 g/mol. The van der Waals surface area contributed by atoms with Crippen LogP contribution in [0, 0.1) is 0 Å². The molecule has 0 aromatic rings. The number of carbonyl (C=O) groups is 1. The molecule has 0 aromatic heterocycles. The highest BCUT2D eigenvalue weighted by atomic mass is 16.2. The maximum Gasteiger partial charge on any atom is 0.317 e. The Morgan fingerprint density at radius 3 is 2.00 bits per heavy atom. The molecule has 0 aliphatic carbocycles. The summed E-state index contributed by atoms with van der Waals surface area (Å²) in [6.45, 7) is 8.77. The fourth-order valence-electron chi connectivity index (χ4n) is 1.06. The summed E-state index contributed by atoms with van der Waals surface area (Å²) in [5.74, 6) is 0. The van der Waals surface area contributed by atoms with Gasteiger partial charge in [-0.15, -0.1) is 0 Å². The molecule has 1 N–H and O–H groups in total. The van der Waals surface area contributed by atoms with Crippen LogP contribution in [-0.2, 0) is 0 Å². The summed E-state index contributed by atoms with van der Waals surface area (Å²) in [6.07, 6.45) is 0. The van der Waals surface area contributed by atoms with Gasteiger partial charge in [0, 0.05) is 19.1 Å². The minimum Gasteiger partial charge on any atom is -0.341 e. The van der Waals surface area contributed by atoms with Crippen LogP contribution in [0.4, 0.5) is 4.79 Å². The third-order valence-corrected chi connectivity index (χ3v) is 1.58. The fourth-order valence-corrected chi connectivity index (χ4v) is 1.06. The first kappa shape index (κ1) is 10.3. The summed E-state index contributed by atoms with van der Waals surface area (Å²) in [5, 5.41) is 2.61. The van der Waals surface area contributed by atoms with Crippen LogP contribution in [-0.4, -0.2) is 30.1 Å². The molecule has 0 unspecified atom stereocenters. The number of hydrogen-bond donors (Lipinski definition) is 1. The zero-order valence-corrected chi connectivity index (χ0v) is 8.06. The molecule has 0 heterocycles. The molecule has 3 nitrogen and oxygen atoms in total. The highest BCUT2D eigenvalue weighted by molar-refractivity contribution is 5.74. The average Bonchev–Trinajstić information content (AvgIpc) is 1.86. The van der Waals surface area contributed by atoms with Crippen LogP contribution in [0.1, 0.15) is 27.7 Å². The summed E-state index contributed by atoms with van der Waals surface area (Å²) in [7, 11) is 1.65. The first-order valence-electron chi connectivity index (χ1n) is 3.92. The number of rotatable bonds is 1. The van der Waals surface area contributed by atoms with Gasteiger partial charge in [0.2, 0.25) is 0 Å². The number of urea groups is 1. The number of nitrogens with zero attached hydrogens (tertiary/aromatic N) is 1. The maximum absolute atomic E-state index is 11.2. The topological polar surface area (TPSA) is 32.3 Å². The molecule has 0 fully saturated rings. The van der Waals surface area contributed by atoms with E-state index >= 15 is 0 Å². The van der Waals surface area contributed by atoms with Gasteiger partial charge in [-0.3, -0.25) is 0 Å². The molecule has 2 amide bonds. The first-order valence-corrected chi connectivity index (χ1v) is 3.92. The molecule has 0 aromatic carbocycles. The van der Waals surface area contributed by atoms with E-state index in [1.165, 1.54) is 0 Å². The molecule has 11 heavy (non-hydrogen) atoms. The lowest BCUT2D eigenvalue weighted by molar-refractivity contribution is 0.151. The van der Waals surface area contributed by atoms with Gasteiger partial charge in [0.25, 0.3) is 0 Å². The molecule has 0 bridgehead atoms. The molecule has 0 aliphatic heterocycles. The minimum atomic E-state index is -0.0884. The predicted octanol–water partition coefficient (Wildman–Crippen LogP) is 1.45. The van der Waals surface area contributed by atoms with Gasteiger partial charge in [-0.1, -0.05) is 0 Å². The summed E-state index contributed by atoms with van der Waals surface area (Å²) in [4.78, 5) is 13.0. The second-order valence-corrected chi connectivity index (χ2v) is 3.47. The highest BCUT2D eigenvalue weighted by Crippen LogP contribution is 2.11. The van der Waals surface area contributed by atoms with E-state index in [1.54, 1.807) is 11.9 Å². The third kappa shape index (κ3) is 2.78. The van der Waals surface area contributed by atoms with Gasteiger partial charge in [-0.05, 0) is 27.7 Å². The lowest BCUT2D eigenvalue weighted by atomic mass is 10.1. The van der Waals surface area contributed by atoms with Crippen molar-refractivity contribution in [3.63, 3.8) is 0 Å². The smallest absolute Gasteiger partial charge is 0.317 e. The Hall–Kier alpha value is -0.730. The van der Waals surface area contributed by atoms with Gasteiger partial charge in [0.15, 0.2) is 0 Å². The molecule has 66 valence electrons. The molecule has 0 rings (SSSR count). The zero-order valence-electron chi connectivity index (χ0n) is 8.06. The van der Waals surface area contributed by atoms with Crippen LogP contribution in [0.3, 0.4) is 0 Å². The molecule has 0 spiro atoms. The normalized spacial score (nSPS) is 11.0. The molecule has 0 saturated carbocycles. The molecular formula is C8H18N2O. The Bertz CT molecular complexity index is 138. The maximum atomic E-state index is 11.2. The van der Waals surface area contributed by atoms with Gasteiger partial charge in [0.1, 0.15) is 0 Å². The minimum absolute atomic E-state index is 0.0139. The van der Waals surface area contributed by atoms with Crippen molar-refractivity contribution in [2.75, 3.05) is 13.6 Å². The van der Waals surface area contributed by atoms with E-state index in [4.69, 9.17) is 0 Å². The Balaban J connectivity index is 4.29. The SMILES string of the molecule is CCN(C(=O)NC)C(C)(C)C. The van der Waals surface area contributed by atoms with E-state index in [1.807, 2.05) is 27.7 Å². The van der Waals surface area contributed by atoms with Gasteiger partial charge < -0.3 is 10.2 Å². The van der Waals surface area contributed by atoms with Crippen molar-refractivity contribution in [1.82, 2.24) is 10.2 Å². The van der Waals surface area contributed by atoms with E-state index < -0.39 is 0 Å². The fraction of sp³-hybridized carbons (Fsp3) is 0.875. The highest BCUT2D eigenvalue weighted by Gasteiger charge is 2.23. The Morgan fingerprint density at radius 2 is 1.91 bits per heavy atom. The summed E-state index contributed by atoms with van der Waals surface area (Å²) in [6, 6.07) is -0.0139. The van der Waals surface area contributed by atoms with Crippen molar-refractivity contribution in [3.05, 3.63) is 0 Å².